The Labute approximate surface area is 141 Å². The van der Waals surface area contributed by atoms with Crippen LogP contribution in [0.5, 0.6) is 11.5 Å². The third kappa shape index (κ3) is 3.69. The Morgan fingerprint density at radius 2 is 1.68 bits per heavy atom. The van der Waals surface area contributed by atoms with Crippen molar-refractivity contribution in [2.45, 2.75) is 52.6 Å². The van der Waals surface area contributed by atoms with Gasteiger partial charge in [-0.25, -0.2) is 0 Å². The highest BCUT2D eigenvalue weighted by Crippen LogP contribution is 2.44. The van der Waals surface area contributed by atoms with E-state index in [9.17, 15) is 5.11 Å². The molecule has 0 saturated carbocycles. The molecule has 2 rings (SSSR count). The van der Waals surface area contributed by atoms with Gasteiger partial charge >= 0.3 is 0 Å². The fourth-order valence-corrected chi connectivity index (χ4v) is 3.04. The molecule has 3 nitrogen and oxygen atoms in total. The number of fused-ring (bicyclic) bond motifs is 1. The van der Waals surface area contributed by atoms with E-state index in [2.05, 4.69) is 35.0 Å². The fourth-order valence-electron chi connectivity index (χ4n) is 3.04. The van der Waals surface area contributed by atoms with Crippen LogP contribution in [0.1, 0.15) is 42.0 Å². The average Bonchev–Trinajstić information content (AvgIpc) is 2.40. The number of ether oxygens (including phenoxy) is 1. The van der Waals surface area contributed by atoms with E-state index in [0.29, 0.717) is 5.75 Å². The maximum absolute atomic E-state index is 10.2. The van der Waals surface area contributed by atoms with Crippen LogP contribution < -0.4 is 17.1 Å². The molecule has 0 spiro atoms. The van der Waals surface area contributed by atoms with Gasteiger partial charge in [0.2, 0.25) is 0 Å². The van der Waals surface area contributed by atoms with Crippen LogP contribution in [0.25, 0.3) is 0 Å². The summed E-state index contributed by atoms with van der Waals surface area (Å²) >= 11 is 0. The third-order valence-electron chi connectivity index (χ3n) is 4.90. The molecule has 0 aromatic heterocycles. The summed E-state index contributed by atoms with van der Waals surface area (Å²) in [5.74, 6) is 1.45. The summed E-state index contributed by atoms with van der Waals surface area (Å²) in [5, 5.41) is 10.2. The van der Waals surface area contributed by atoms with Crippen LogP contribution in [-0.2, 0) is 6.42 Å². The molecule has 0 aliphatic carbocycles. The summed E-state index contributed by atoms with van der Waals surface area (Å²) < 4.78 is 7.40. The van der Waals surface area contributed by atoms with E-state index >= 15 is 0 Å². The molecule has 0 amide bonds. The number of phenols is 1. The lowest BCUT2D eigenvalue weighted by Crippen LogP contribution is -3.00. The van der Waals surface area contributed by atoms with E-state index in [0.717, 1.165) is 52.7 Å². The van der Waals surface area contributed by atoms with Crippen LogP contribution in [0, 0.1) is 20.8 Å². The van der Waals surface area contributed by atoms with Gasteiger partial charge in [0.15, 0.2) is 0 Å². The minimum absolute atomic E-state index is 0. The van der Waals surface area contributed by atoms with E-state index in [1.165, 1.54) is 5.56 Å². The molecule has 1 atom stereocenters. The minimum atomic E-state index is -0.0981. The van der Waals surface area contributed by atoms with Crippen LogP contribution in [0.15, 0.2) is 0 Å². The maximum atomic E-state index is 10.2. The number of benzene rings is 1. The first-order valence-electron chi connectivity index (χ1n) is 7.85. The second kappa shape index (κ2) is 6.29. The molecular formula is C18H30ClNO2. The van der Waals surface area contributed by atoms with Crippen molar-refractivity contribution in [3.05, 3.63) is 22.3 Å². The van der Waals surface area contributed by atoms with Crippen molar-refractivity contribution < 1.29 is 26.7 Å². The lowest BCUT2D eigenvalue weighted by molar-refractivity contribution is -0.871. The topological polar surface area (TPSA) is 29.5 Å². The molecule has 126 valence electrons. The van der Waals surface area contributed by atoms with E-state index < -0.39 is 0 Å². The van der Waals surface area contributed by atoms with Crippen LogP contribution in [0.3, 0.4) is 0 Å². The van der Waals surface area contributed by atoms with Crippen LogP contribution in [-0.4, -0.2) is 42.9 Å². The Bertz CT molecular complexity index is 563. The average molecular weight is 328 g/mol. The quantitative estimate of drug-likeness (QED) is 0.819. The smallest absolute Gasteiger partial charge is 0.127 e. The molecule has 1 aromatic carbocycles. The Morgan fingerprint density at radius 1 is 1.09 bits per heavy atom. The zero-order valence-electron chi connectivity index (χ0n) is 15.0. The molecule has 22 heavy (non-hydrogen) atoms. The highest BCUT2D eigenvalue weighted by molar-refractivity contribution is 5.58. The molecule has 0 bridgehead atoms. The van der Waals surface area contributed by atoms with Crippen LogP contribution in [0.2, 0.25) is 0 Å². The van der Waals surface area contributed by atoms with Gasteiger partial charge in [0.25, 0.3) is 0 Å². The number of hydrogen-bond acceptors (Lipinski definition) is 2. The van der Waals surface area contributed by atoms with Gasteiger partial charge in [-0.1, -0.05) is 0 Å². The first kappa shape index (κ1) is 19.1. The van der Waals surface area contributed by atoms with Crippen molar-refractivity contribution in [2.24, 2.45) is 0 Å². The van der Waals surface area contributed by atoms with Gasteiger partial charge < -0.3 is 26.7 Å². The molecule has 1 aliphatic rings. The zero-order chi connectivity index (χ0) is 16.0. The highest BCUT2D eigenvalue weighted by Gasteiger charge is 2.35. The van der Waals surface area contributed by atoms with Crippen LogP contribution >= 0.6 is 0 Å². The monoisotopic (exact) mass is 327 g/mol. The van der Waals surface area contributed by atoms with Gasteiger partial charge in [-0.3, -0.25) is 0 Å². The molecule has 0 radical (unpaired) electrons. The number of nitrogens with zero attached hydrogens (tertiary/aromatic N) is 1. The first-order chi connectivity index (χ1) is 9.54. The normalized spacial score (nSPS) is 20.9. The van der Waals surface area contributed by atoms with Crippen molar-refractivity contribution in [3.63, 3.8) is 0 Å². The van der Waals surface area contributed by atoms with E-state index in [1.807, 2.05) is 13.8 Å². The van der Waals surface area contributed by atoms with Crippen molar-refractivity contribution in [1.29, 1.82) is 0 Å². The second-order valence-corrected chi connectivity index (χ2v) is 7.85. The van der Waals surface area contributed by atoms with Crippen molar-refractivity contribution in [1.82, 2.24) is 0 Å². The number of aromatic hydroxyl groups is 1. The van der Waals surface area contributed by atoms with Gasteiger partial charge in [-0.15, -0.1) is 0 Å². The molecule has 1 aromatic rings. The van der Waals surface area contributed by atoms with E-state index in [4.69, 9.17) is 4.74 Å². The molecule has 4 heteroatoms. The Balaban J connectivity index is 0.00000242. The lowest BCUT2D eigenvalue weighted by atomic mass is 9.85. The lowest BCUT2D eigenvalue weighted by Gasteiger charge is -2.39. The van der Waals surface area contributed by atoms with Gasteiger partial charge in [-0.05, 0) is 57.2 Å². The van der Waals surface area contributed by atoms with E-state index in [-0.39, 0.29) is 18.0 Å². The minimum Gasteiger partial charge on any atom is -1.00 e. The summed E-state index contributed by atoms with van der Waals surface area (Å²) in [7, 11) is 6.66. The van der Waals surface area contributed by atoms with Crippen LogP contribution in [0.4, 0.5) is 0 Å². The Hall–Kier alpha value is -0.930. The fraction of sp³-hybridized carbons (Fsp3) is 0.667. The van der Waals surface area contributed by atoms with Gasteiger partial charge in [0.05, 0.1) is 27.7 Å². The van der Waals surface area contributed by atoms with Gasteiger partial charge in [0, 0.05) is 12.0 Å². The van der Waals surface area contributed by atoms with Crippen molar-refractivity contribution in [3.8, 4) is 11.5 Å². The molecule has 0 fully saturated rings. The predicted octanol–water partition coefficient (Wildman–Crippen LogP) is 0.501. The Kier molecular flexibility index (Phi) is 5.46. The first-order valence-corrected chi connectivity index (χ1v) is 7.85. The zero-order valence-corrected chi connectivity index (χ0v) is 15.8. The predicted molar refractivity (Wildman–Crippen MR) is 87.2 cm³/mol. The molecular weight excluding hydrogens is 298 g/mol. The van der Waals surface area contributed by atoms with E-state index in [1.54, 1.807) is 0 Å². The molecule has 1 heterocycles. The summed E-state index contributed by atoms with van der Waals surface area (Å²) in [4.78, 5) is 0. The second-order valence-electron chi connectivity index (χ2n) is 7.85. The Morgan fingerprint density at radius 3 is 2.23 bits per heavy atom. The number of rotatable bonds is 3. The molecule has 1 aliphatic heterocycles. The largest absolute Gasteiger partial charge is 1.00 e. The number of quaternary nitrogens is 1. The number of halogens is 1. The maximum Gasteiger partial charge on any atom is 0.127 e. The summed E-state index contributed by atoms with van der Waals surface area (Å²) in [5.41, 5.74) is 4.12. The standard InChI is InChI=1S/C18H29NO2.ClH/c1-12-13(2)17-15(14(3)16(12)20)8-9-18(4,21-17)10-11-19(5,6)7;/h8-11H2,1-7H3;1H. The highest BCUT2D eigenvalue weighted by atomic mass is 35.5. The van der Waals surface area contributed by atoms with Crippen molar-refractivity contribution >= 4 is 0 Å². The molecule has 0 saturated heterocycles. The molecule has 1 unspecified atom stereocenters. The summed E-state index contributed by atoms with van der Waals surface area (Å²) in [6.07, 6.45) is 3.06. The summed E-state index contributed by atoms with van der Waals surface area (Å²) in [6, 6.07) is 0. The third-order valence-corrected chi connectivity index (χ3v) is 4.90. The SMILES string of the molecule is Cc1c(C)c2c(c(C)c1O)CCC(C)(CC[N+](C)(C)C)O2.[Cl-]. The summed E-state index contributed by atoms with van der Waals surface area (Å²) in [6.45, 7) is 9.35. The van der Waals surface area contributed by atoms with Gasteiger partial charge in [0.1, 0.15) is 17.1 Å². The molecule has 1 N–H and O–H groups in total. The van der Waals surface area contributed by atoms with Crippen molar-refractivity contribution in [2.75, 3.05) is 27.7 Å². The van der Waals surface area contributed by atoms with Gasteiger partial charge in [-0.2, -0.15) is 0 Å². The number of hydrogen-bond donors (Lipinski definition) is 1. The number of phenolic OH excluding ortho intramolecular Hbond substituents is 1.